The van der Waals surface area contributed by atoms with Crippen molar-refractivity contribution in [3.05, 3.63) is 35.4 Å². The summed E-state index contributed by atoms with van der Waals surface area (Å²) in [6.07, 6.45) is 0.561. The van der Waals surface area contributed by atoms with Crippen LogP contribution in [-0.2, 0) is 11.2 Å². The number of nitrogens with one attached hydrogen (secondary N) is 1. The van der Waals surface area contributed by atoms with Gasteiger partial charge in [0.2, 0.25) is 0 Å². The lowest BCUT2D eigenvalue weighted by molar-refractivity contribution is -0.119. The number of carbonyl (C=O) groups excluding carboxylic acids is 1. The molecule has 0 aliphatic carbocycles. The monoisotopic (exact) mass is 232 g/mol. The highest BCUT2D eigenvalue weighted by Crippen LogP contribution is 2.05. The summed E-state index contributed by atoms with van der Waals surface area (Å²) in [6.45, 7) is 6.62. The van der Waals surface area contributed by atoms with E-state index in [-0.39, 0.29) is 0 Å². The number of Topliss-reactive ketones (excluding diaryl/α,β-unsaturated/α-hetero) is 1. The SMILES string of the molecule is Cc1cccc(CC(=O)CN2CCNCC2)c1. The first-order valence-electron chi connectivity index (χ1n) is 6.24. The summed E-state index contributed by atoms with van der Waals surface area (Å²) >= 11 is 0. The Hall–Kier alpha value is -1.19. The number of nitrogens with zero attached hydrogens (tertiary/aromatic N) is 1. The molecule has 92 valence electrons. The van der Waals surface area contributed by atoms with Crippen LogP contribution in [0.25, 0.3) is 0 Å². The molecule has 0 bridgehead atoms. The molecule has 0 radical (unpaired) electrons. The molecular weight excluding hydrogens is 212 g/mol. The molecule has 1 heterocycles. The van der Waals surface area contributed by atoms with E-state index >= 15 is 0 Å². The Morgan fingerprint density at radius 2 is 2.12 bits per heavy atom. The van der Waals surface area contributed by atoms with Gasteiger partial charge in [0.25, 0.3) is 0 Å². The number of hydrogen-bond acceptors (Lipinski definition) is 3. The molecule has 1 N–H and O–H groups in total. The van der Waals surface area contributed by atoms with Crippen LogP contribution < -0.4 is 5.32 Å². The van der Waals surface area contributed by atoms with Gasteiger partial charge < -0.3 is 5.32 Å². The number of piperazine rings is 1. The predicted molar refractivity (Wildman–Crippen MR) is 69.2 cm³/mol. The fourth-order valence-electron chi connectivity index (χ4n) is 2.22. The first-order valence-corrected chi connectivity index (χ1v) is 6.24. The summed E-state index contributed by atoms with van der Waals surface area (Å²) in [5.74, 6) is 0.317. The van der Waals surface area contributed by atoms with Crippen LogP contribution in [0.2, 0.25) is 0 Å². The summed E-state index contributed by atoms with van der Waals surface area (Å²) in [5, 5.41) is 3.29. The number of ketones is 1. The van der Waals surface area contributed by atoms with E-state index in [0.29, 0.717) is 18.7 Å². The van der Waals surface area contributed by atoms with E-state index in [4.69, 9.17) is 0 Å². The second-order valence-electron chi connectivity index (χ2n) is 4.73. The summed E-state index contributed by atoms with van der Waals surface area (Å²) < 4.78 is 0. The summed E-state index contributed by atoms with van der Waals surface area (Å²) in [5.41, 5.74) is 2.35. The number of aryl methyl sites for hydroxylation is 1. The maximum absolute atomic E-state index is 11.9. The van der Waals surface area contributed by atoms with Crippen molar-refractivity contribution in [2.24, 2.45) is 0 Å². The van der Waals surface area contributed by atoms with E-state index in [1.807, 2.05) is 12.1 Å². The van der Waals surface area contributed by atoms with Gasteiger partial charge in [-0.05, 0) is 12.5 Å². The van der Waals surface area contributed by atoms with Crippen LogP contribution in [0.5, 0.6) is 0 Å². The number of hydrogen-bond donors (Lipinski definition) is 1. The molecule has 2 rings (SSSR count). The summed E-state index contributed by atoms with van der Waals surface area (Å²) in [7, 11) is 0. The molecule has 1 saturated heterocycles. The highest BCUT2D eigenvalue weighted by atomic mass is 16.1. The molecule has 1 fully saturated rings. The van der Waals surface area contributed by atoms with Gasteiger partial charge in [-0.15, -0.1) is 0 Å². The molecule has 0 spiro atoms. The molecule has 1 aliphatic heterocycles. The van der Waals surface area contributed by atoms with Crippen molar-refractivity contribution in [1.29, 1.82) is 0 Å². The predicted octanol–water partition coefficient (Wildman–Crippen LogP) is 1.01. The maximum atomic E-state index is 11.9. The highest BCUT2D eigenvalue weighted by molar-refractivity contribution is 5.82. The largest absolute Gasteiger partial charge is 0.314 e. The third kappa shape index (κ3) is 3.95. The van der Waals surface area contributed by atoms with Crippen LogP contribution in [-0.4, -0.2) is 43.4 Å². The summed E-state index contributed by atoms with van der Waals surface area (Å²) in [6, 6.07) is 8.20. The van der Waals surface area contributed by atoms with Gasteiger partial charge >= 0.3 is 0 Å². The highest BCUT2D eigenvalue weighted by Gasteiger charge is 2.13. The summed E-state index contributed by atoms with van der Waals surface area (Å²) in [4.78, 5) is 14.2. The second kappa shape index (κ2) is 5.94. The number of carbonyl (C=O) groups is 1. The molecule has 1 aromatic rings. The molecule has 3 heteroatoms. The zero-order valence-electron chi connectivity index (χ0n) is 10.4. The molecule has 1 aromatic carbocycles. The van der Waals surface area contributed by atoms with Crippen molar-refractivity contribution >= 4 is 5.78 Å². The molecular formula is C14H20N2O. The van der Waals surface area contributed by atoms with Crippen LogP contribution in [0.15, 0.2) is 24.3 Å². The standard InChI is InChI=1S/C14H20N2O/c1-12-3-2-4-13(9-12)10-14(17)11-16-7-5-15-6-8-16/h2-4,9,15H,5-8,10-11H2,1H3. The Bertz CT molecular complexity index is 384. The third-order valence-electron chi connectivity index (χ3n) is 3.09. The first kappa shape index (κ1) is 12.3. The molecule has 0 unspecified atom stereocenters. The molecule has 0 amide bonds. The normalized spacial score (nSPS) is 17.0. The van der Waals surface area contributed by atoms with E-state index in [1.54, 1.807) is 0 Å². The minimum Gasteiger partial charge on any atom is -0.314 e. The van der Waals surface area contributed by atoms with Gasteiger partial charge in [-0.25, -0.2) is 0 Å². The van der Waals surface area contributed by atoms with Crippen molar-refractivity contribution in [3.63, 3.8) is 0 Å². The first-order chi connectivity index (χ1) is 8.24. The van der Waals surface area contributed by atoms with E-state index in [1.165, 1.54) is 5.56 Å². The van der Waals surface area contributed by atoms with Gasteiger partial charge in [0.1, 0.15) is 0 Å². The topological polar surface area (TPSA) is 32.3 Å². The quantitative estimate of drug-likeness (QED) is 0.841. The number of benzene rings is 1. The lowest BCUT2D eigenvalue weighted by Gasteiger charge is -2.26. The van der Waals surface area contributed by atoms with E-state index in [9.17, 15) is 4.79 Å². The van der Waals surface area contributed by atoms with Gasteiger partial charge in [0.05, 0.1) is 6.54 Å². The number of rotatable bonds is 4. The molecule has 0 aromatic heterocycles. The third-order valence-corrected chi connectivity index (χ3v) is 3.09. The Morgan fingerprint density at radius 1 is 1.35 bits per heavy atom. The van der Waals surface area contributed by atoms with E-state index < -0.39 is 0 Å². The molecule has 1 aliphatic rings. The smallest absolute Gasteiger partial charge is 0.151 e. The van der Waals surface area contributed by atoms with Crippen molar-refractivity contribution in [3.8, 4) is 0 Å². The van der Waals surface area contributed by atoms with E-state index in [0.717, 1.165) is 31.7 Å². The lowest BCUT2D eigenvalue weighted by atomic mass is 10.1. The van der Waals surface area contributed by atoms with Crippen molar-refractivity contribution in [1.82, 2.24) is 10.2 Å². The Balaban J connectivity index is 1.84. The van der Waals surface area contributed by atoms with Crippen molar-refractivity contribution < 1.29 is 4.79 Å². The Morgan fingerprint density at radius 3 is 2.82 bits per heavy atom. The minimum atomic E-state index is 0.317. The van der Waals surface area contributed by atoms with Gasteiger partial charge in [-0.3, -0.25) is 9.69 Å². The van der Waals surface area contributed by atoms with Gasteiger partial charge in [-0.1, -0.05) is 29.8 Å². The molecule has 17 heavy (non-hydrogen) atoms. The molecule has 0 saturated carbocycles. The fraction of sp³-hybridized carbons (Fsp3) is 0.500. The Labute approximate surface area is 103 Å². The average Bonchev–Trinajstić information content (AvgIpc) is 2.30. The fourth-order valence-corrected chi connectivity index (χ4v) is 2.22. The van der Waals surface area contributed by atoms with Crippen LogP contribution in [0, 0.1) is 6.92 Å². The van der Waals surface area contributed by atoms with Crippen LogP contribution in [0.1, 0.15) is 11.1 Å². The van der Waals surface area contributed by atoms with E-state index in [2.05, 4.69) is 29.3 Å². The van der Waals surface area contributed by atoms with Crippen LogP contribution in [0.4, 0.5) is 0 Å². The second-order valence-corrected chi connectivity index (χ2v) is 4.73. The van der Waals surface area contributed by atoms with Crippen LogP contribution >= 0.6 is 0 Å². The minimum absolute atomic E-state index is 0.317. The van der Waals surface area contributed by atoms with Gasteiger partial charge in [0, 0.05) is 32.6 Å². The van der Waals surface area contributed by atoms with Gasteiger partial charge in [-0.2, -0.15) is 0 Å². The van der Waals surface area contributed by atoms with Crippen molar-refractivity contribution in [2.45, 2.75) is 13.3 Å². The van der Waals surface area contributed by atoms with Gasteiger partial charge in [0.15, 0.2) is 5.78 Å². The zero-order valence-corrected chi connectivity index (χ0v) is 10.4. The van der Waals surface area contributed by atoms with Crippen LogP contribution in [0.3, 0.4) is 0 Å². The lowest BCUT2D eigenvalue weighted by Crippen LogP contribution is -2.45. The molecule has 3 nitrogen and oxygen atoms in total. The van der Waals surface area contributed by atoms with Crippen molar-refractivity contribution in [2.75, 3.05) is 32.7 Å². The maximum Gasteiger partial charge on any atom is 0.151 e. The Kier molecular flexibility index (Phi) is 4.29. The molecule has 0 atom stereocenters. The average molecular weight is 232 g/mol. The zero-order chi connectivity index (χ0) is 12.1.